The number of aromatic nitrogens is 3. The van der Waals surface area contributed by atoms with Crippen molar-refractivity contribution in [3.8, 4) is 5.82 Å². The highest BCUT2D eigenvalue weighted by atomic mass is 16.5. The van der Waals surface area contributed by atoms with Crippen molar-refractivity contribution >= 4 is 5.91 Å². The zero-order chi connectivity index (χ0) is 17.1. The van der Waals surface area contributed by atoms with Crippen molar-refractivity contribution in [1.29, 1.82) is 0 Å². The second kappa shape index (κ2) is 7.13. The number of carbonyl (C=O) groups excluding carboxylic acids is 1. The fourth-order valence-electron chi connectivity index (χ4n) is 3.27. The van der Waals surface area contributed by atoms with Crippen LogP contribution in [0.3, 0.4) is 0 Å². The van der Waals surface area contributed by atoms with Crippen LogP contribution in [-0.4, -0.2) is 45.6 Å². The Morgan fingerprint density at radius 2 is 2.25 bits per heavy atom. The first kappa shape index (κ1) is 16.6. The fourth-order valence-corrected chi connectivity index (χ4v) is 3.27. The summed E-state index contributed by atoms with van der Waals surface area (Å²) in [5.74, 6) is 2.17. The zero-order valence-corrected chi connectivity index (χ0v) is 14.5. The first-order valence-electron chi connectivity index (χ1n) is 8.40. The number of carbonyl (C=O) groups is 1. The molecule has 6 nitrogen and oxygen atoms in total. The third-order valence-electron chi connectivity index (χ3n) is 4.37. The zero-order valence-electron chi connectivity index (χ0n) is 14.5. The number of likely N-dealkylation sites (tertiary alicyclic amines) is 1. The molecule has 0 aromatic carbocycles. The topological polar surface area (TPSA) is 60.2 Å². The lowest BCUT2D eigenvalue weighted by Crippen LogP contribution is -2.33. The lowest BCUT2D eigenvalue weighted by molar-refractivity contribution is -0.136. The number of pyridine rings is 1. The molecule has 1 aliphatic heterocycles. The predicted octanol–water partition coefficient (Wildman–Crippen LogP) is 2.70. The van der Waals surface area contributed by atoms with Crippen molar-refractivity contribution in [3.05, 3.63) is 42.1 Å². The van der Waals surface area contributed by atoms with Crippen LogP contribution in [-0.2, 0) is 9.53 Å². The number of rotatable bonds is 5. The molecule has 128 valence electrons. The Balaban J connectivity index is 1.90. The third kappa shape index (κ3) is 3.19. The Bertz CT molecular complexity index is 711. The van der Waals surface area contributed by atoms with Crippen LogP contribution in [0, 0.1) is 0 Å². The molecule has 24 heavy (non-hydrogen) atoms. The standard InChI is InChI=1S/C18H24N4O2/c1-13(2)18-19-9-11-22(18)16-8-4-6-14(20-16)15-7-5-10-21(15)17(23)12-24-3/h4,6,8-9,11,13,15H,5,7,10,12H2,1-3H3/t15-/m0/s1. The van der Waals surface area contributed by atoms with Crippen LogP contribution in [0.5, 0.6) is 0 Å². The second-order valence-electron chi connectivity index (χ2n) is 6.41. The van der Waals surface area contributed by atoms with Crippen molar-refractivity contribution < 1.29 is 9.53 Å². The maximum absolute atomic E-state index is 12.2. The summed E-state index contributed by atoms with van der Waals surface area (Å²) in [7, 11) is 1.55. The molecule has 1 saturated heterocycles. The summed E-state index contributed by atoms with van der Waals surface area (Å²) >= 11 is 0. The minimum absolute atomic E-state index is 0.0257. The lowest BCUT2D eigenvalue weighted by Gasteiger charge is -2.24. The Kier molecular flexibility index (Phi) is 4.94. The van der Waals surface area contributed by atoms with E-state index in [1.165, 1.54) is 0 Å². The van der Waals surface area contributed by atoms with E-state index in [1.54, 1.807) is 13.3 Å². The van der Waals surface area contributed by atoms with E-state index in [0.717, 1.165) is 36.7 Å². The highest BCUT2D eigenvalue weighted by Crippen LogP contribution is 2.31. The summed E-state index contributed by atoms with van der Waals surface area (Å²) in [6.07, 6.45) is 5.67. The Labute approximate surface area is 142 Å². The van der Waals surface area contributed by atoms with Gasteiger partial charge in [0.25, 0.3) is 0 Å². The Morgan fingerprint density at radius 3 is 3.00 bits per heavy atom. The van der Waals surface area contributed by atoms with Gasteiger partial charge in [-0.05, 0) is 25.0 Å². The van der Waals surface area contributed by atoms with Crippen LogP contribution < -0.4 is 0 Å². The summed E-state index contributed by atoms with van der Waals surface area (Å²) in [5, 5.41) is 0. The molecule has 1 fully saturated rings. The van der Waals surface area contributed by atoms with E-state index in [-0.39, 0.29) is 18.6 Å². The molecule has 1 aliphatic rings. The molecule has 2 aromatic rings. The van der Waals surface area contributed by atoms with Crippen LogP contribution >= 0.6 is 0 Å². The smallest absolute Gasteiger partial charge is 0.249 e. The molecule has 2 aromatic heterocycles. The van der Waals surface area contributed by atoms with E-state index in [2.05, 4.69) is 18.8 Å². The first-order valence-corrected chi connectivity index (χ1v) is 8.40. The average Bonchev–Trinajstić information content (AvgIpc) is 3.24. The summed E-state index contributed by atoms with van der Waals surface area (Å²) < 4.78 is 7.02. The van der Waals surface area contributed by atoms with E-state index in [0.29, 0.717) is 5.92 Å². The van der Waals surface area contributed by atoms with Gasteiger partial charge in [-0.3, -0.25) is 9.36 Å². The van der Waals surface area contributed by atoms with E-state index in [4.69, 9.17) is 9.72 Å². The van der Waals surface area contributed by atoms with Gasteiger partial charge in [-0.1, -0.05) is 19.9 Å². The van der Waals surface area contributed by atoms with Gasteiger partial charge in [-0.2, -0.15) is 0 Å². The highest BCUT2D eigenvalue weighted by molar-refractivity contribution is 5.78. The lowest BCUT2D eigenvalue weighted by atomic mass is 10.1. The predicted molar refractivity (Wildman–Crippen MR) is 91.0 cm³/mol. The minimum Gasteiger partial charge on any atom is -0.375 e. The van der Waals surface area contributed by atoms with Crippen molar-refractivity contribution in [2.45, 2.75) is 38.6 Å². The quantitative estimate of drug-likeness (QED) is 0.847. The maximum Gasteiger partial charge on any atom is 0.249 e. The largest absolute Gasteiger partial charge is 0.375 e. The molecule has 0 saturated carbocycles. The van der Waals surface area contributed by atoms with Gasteiger partial charge in [0.1, 0.15) is 18.2 Å². The second-order valence-corrected chi connectivity index (χ2v) is 6.41. The summed E-state index contributed by atoms with van der Waals surface area (Å²) in [6.45, 7) is 5.12. The van der Waals surface area contributed by atoms with E-state index < -0.39 is 0 Å². The molecule has 1 amide bonds. The molecule has 3 rings (SSSR count). The van der Waals surface area contributed by atoms with Crippen molar-refractivity contribution in [2.75, 3.05) is 20.3 Å². The third-order valence-corrected chi connectivity index (χ3v) is 4.37. The van der Waals surface area contributed by atoms with Gasteiger partial charge in [-0.25, -0.2) is 9.97 Å². The molecule has 0 N–H and O–H groups in total. The Hall–Kier alpha value is -2.21. The van der Waals surface area contributed by atoms with Crippen LogP contribution in [0.25, 0.3) is 5.82 Å². The summed E-state index contributed by atoms with van der Waals surface area (Å²) in [5.41, 5.74) is 0.929. The van der Waals surface area contributed by atoms with Crippen LogP contribution in [0.4, 0.5) is 0 Å². The van der Waals surface area contributed by atoms with Gasteiger partial charge < -0.3 is 9.64 Å². The summed E-state index contributed by atoms with van der Waals surface area (Å²) in [6, 6.07) is 6.00. The number of imidazole rings is 1. The number of hydrogen-bond donors (Lipinski definition) is 0. The molecule has 1 atom stereocenters. The normalized spacial score (nSPS) is 17.7. The minimum atomic E-state index is 0.0257. The Morgan fingerprint density at radius 1 is 1.42 bits per heavy atom. The molecule has 0 aliphatic carbocycles. The van der Waals surface area contributed by atoms with Gasteiger partial charge in [0.15, 0.2) is 0 Å². The van der Waals surface area contributed by atoms with Crippen LogP contribution in [0.2, 0.25) is 0 Å². The van der Waals surface area contributed by atoms with Crippen molar-refractivity contribution in [3.63, 3.8) is 0 Å². The van der Waals surface area contributed by atoms with Gasteiger partial charge >= 0.3 is 0 Å². The van der Waals surface area contributed by atoms with Crippen LogP contribution in [0.1, 0.15) is 50.2 Å². The van der Waals surface area contributed by atoms with Crippen molar-refractivity contribution in [2.24, 2.45) is 0 Å². The average molecular weight is 328 g/mol. The first-order chi connectivity index (χ1) is 11.6. The molecular formula is C18H24N4O2. The number of methoxy groups -OCH3 is 1. The van der Waals surface area contributed by atoms with Crippen molar-refractivity contribution in [1.82, 2.24) is 19.4 Å². The number of hydrogen-bond acceptors (Lipinski definition) is 4. The number of amides is 1. The SMILES string of the molecule is COCC(=O)N1CCC[C@H]1c1cccc(-n2ccnc2C(C)C)n1. The van der Waals surface area contributed by atoms with E-state index >= 15 is 0 Å². The number of nitrogens with zero attached hydrogens (tertiary/aromatic N) is 4. The van der Waals surface area contributed by atoms with Gasteiger partial charge in [-0.15, -0.1) is 0 Å². The van der Waals surface area contributed by atoms with E-state index in [9.17, 15) is 4.79 Å². The monoisotopic (exact) mass is 328 g/mol. The highest BCUT2D eigenvalue weighted by Gasteiger charge is 2.30. The maximum atomic E-state index is 12.2. The number of ether oxygens (including phenoxy) is 1. The van der Waals surface area contributed by atoms with Crippen LogP contribution in [0.15, 0.2) is 30.6 Å². The fraction of sp³-hybridized carbons (Fsp3) is 0.500. The molecule has 3 heterocycles. The van der Waals surface area contributed by atoms with Gasteiger partial charge in [0.2, 0.25) is 5.91 Å². The summed E-state index contributed by atoms with van der Waals surface area (Å²) in [4.78, 5) is 23.4. The molecule has 0 unspecified atom stereocenters. The van der Waals surface area contributed by atoms with E-state index in [1.807, 2.05) is 33.9 Å². The molecular weight excluding hydrogens is 304 g/mol. The van der Waals surface area contributed by atoms with Gasteiger partial charge in [0.05, 0.1) is 11.7 Å². The van der Waals surface area contributed by atoms with Gasteiger partial charge in [0, 0.05) is 32.0 Å². The molecule has 0 bridgehead atoms. The molecule has 0 spiro atoms. The molecule has 6 heteroatoms. The molecule has 0 radical (unpaired) electrons.